The van der Waals surface area contributed by atoms with E-state index < -0.39 is 11.8 Å². The van der Waals surface area contributed by atoms with Gasteiger partial charge >= 0.3 is 0 Å². The van der Waals surface area contributed by atoms with Crippen molar-refractivity contribution in [2.75, 3.05) is 13.6 Å². The Morgan fingerprint density at radius 2 is 1.92 bits per heavy atom. The fraction of sp³-hybridized carbons (Fsp3) is 0.263. The number of benzene rings is 2. The Morgan fingerprint density at radius 3 is 2.54 bits per heavy atom. The van der Waals surface area contributed by atoms with Crippen LogP contribution in [0.1, 0.15) is 11.1 Å². The molecule has 0 fully saturated rings. The summed E-state index contributed by atoms with van der Waals surface area (Å²) in [6, 6.07) is 13.5. The number of hydrogen-bond acceptors (Lipinski definition) is 2. The number of primary amides is 1. The molecule has 7 heteroatoms. The topological polar surface area (TPSA) is 79.5 Å². The van der Waals surface area contributed by atoms with Gasteiger partial charge in [-0.15, -0.1) is 0 Å². The molecule has 26 heavy (non-hydrogen) atoms. The molecule has 1 unspecified atom stereocenters. The second-order valence-corrected chi connectivity index (χ2v) is 6.30. The third-order valence-corrected chi connectivity index (χ3v) is 4.12. The average molecular weight is 377 g/mol. The van der Waals surface area contributed by atoms with Gasteiger partial charge in [-0.1, -0.05) is 35.9 Å². The van der Waals surface area contributed by atoms with E-state index in [0.717, 1.165) is 11.1 Å². The summed E-state index contributed by atoms with van der Waals surface area (Å²) in [4.78, 5) is 15.9. The van der Waals surface area contributed by atoms with Crippen molar-refractivity contribution >= 4 is 23.5 Å². The quantitative estimate of drug-likeness (QED) is 0.513. The highest BCUT2D eigenvalue weighted by atomic mass is 35.5. The number of hydrogen-bond donors (Lipinski definition) is 3. The Labute approximate surface area is 157 Å². The van der Waals surface area contributed by atoms with Gasteiger partial charge in [-0.2, -0.15) is 0 Å². The zero-order chi connectivity index (χ0) is 18.9. The number of carbonyl (C=O) groups excluding carboxylic acids is 1. The van der Waals surface area contributed by atoms with Gasteiger partial charge in [0.05, 0.1) is 5.92 Å². The standard InChI is InChI=1S/C19H22ClFN4O/c1-23-19(24-11-14-3-2-4-16(20)10-14)25-12-15(18(22)26)9-13-5-7-17(21)8-6-13/h2-8,10,15H,9,11-12H2,1H3,(H2,22,26)(H2,23,24,25). The third-order valence-electron chi connectivity index (χ3n) is 3.89. The fourth-order valence-electron chi connectivity index (χ4n) is 2.45. The lowest BCUT2D eigenvalue weighted by Gasteiger charge is -2.17. The molecule has 2 aromatic carbocycles. The lowest BCUT2D eigenvalue weighted by Crippen LogP contribution is -2.42. The number of nitrogens with two attached hydrogens (primary N) is 1. The van der Waals surface area contributed by atoms with Gasteiger partial charge in [0.1, 0.15) is 5.82 Å². The predicted octanol–water partition coefficient (Wildman–Crippen LogP) is 2.49. The molecule has 0 saturated carbocycles. The first kappa shape index (κ1) is 19.7. The maximum absolute atomic E-state index is 13.0. The van der Waals surface area contributed by atoms with E-state index in [4.69, 9.17) is 17.3 Å². The van der Waals surface area contributed by atoms with Crippen LogP contribution in [0.2, 0.25) is 5.02 Å². The van der Waals surface area contributed by atoms with Gasteiger partial charge in [-0.3, -0.25) is 9.79 Å². The molecule has 0 radical (unpaired) electrons. The number of carbonyl (C=O) groups is 1. The number of nitrogens with one attached hydrogen (secondary N) is 2. The highest BCUT2D eigenvalue weighted by Crippen LogP contribution is 2.11. The summed E-state index contributed by atoms with van der Waals surface area (Å²) in [7, 11) is 1.65. The SMILES string of the molecule is CN=C(NCc1cccc(Cl)c1)NCC(Cc1ccc(F)cc1)C(N)=O. The molecular formula is C19H22ClFN4O. The summed E-state index contributed by atoms with van der Waals surface area (Å²) in [6.45, 7) is 0.862. The molecule has 0 heterocycles. The van der Waals surface area contributed by atoms with Gasteiger partial charge in [-0.05, 0) is 41.8 Å². The van der Waals surface area contributed by atoms with Crippen LogP contribution in [0.3, 0.4) is 0 Å². The summed E-state index contributed by atoms with van der Waals surface area (Å²) in [6.07, 6.45) is 0.425. The van der Waals surface area contributed by atoms with Crippen LogP contribution >= 0.6 is 11.6 Å². The third kappa shape index (κ3) is 6.37. The van der Waals surface area contributed by atoms with E-state index in [9.17, 15) is 9.18 Å². The zero-order valence-electron chi connectivity index (χ0n) is 14.5. The molecule has 0 aliphatic heterocycles. The summed E-state index contributed by atoms with van der Waals surface area (Å²) in [5, 5.41) is 6.92. The minimum absolute atomic E-state index is 0.312. The lowest BCUT2D eigenvalue weighted by molar-refractivity contribution is -0.121. The lowest BCUT2D eigenvalue weighted by atomic mass is 9.98. The molecular weight excluding hydrogens is 355 g/mol. The van der Waals surface area contributed by atoms with E-state index in [0.29, 0.717) is 30.5 Å². The number of rotatable bonds is 7. The van der Waals surface area contributed by atoms with E-state index in [1.54, 1.807) is 19.2 Å². The van der Waals surface area contributed by atoms with Crippen LogP contribution in [0.4, 0.5) is 4.39 Å². The molecule has 0 aromatic heterocycles. The van der Waals surface area contributed by atoms with Crippen molar-refractivity contribution in [1.29, 1.82) is 0 Å². The van der Waals surface area contributed by atoms with Crippen molar-refractivity contribution in [3.63, 3.8) is 0 Å². The maximum atomic E-state index is 13.0. The van der Waals surface area contributed by atoms with Crippen LogP contribution in [0.25, 0.3) is 0 Å². The van der Waals surface area contributed by atoms with E-state index in [1.807, 2.05) is 24.3 Å². The Hall–Kier alpha value is -2.60. The van der Waals surface area contributed by atoms with Crippen molar-refractivity contribution in [3.8, 4) is 0 Å². The summed E-state index contributed by atoms with van der Waals surface area (Å²) in [5.41, 5.74) is 7.35. The van der Waals surface area contributed by atoms with Crippen molar-refractivity contribution in [3.05, 3.63) is 70.5 Å². The minimum atomic E-state index is -0.440. The van der Waals surface area contributed by atoms with Gasteiger partial charge in [0, 0.05) is 25.2 Å². The Bertz CT molecular complexity index is 764. The molecule has 138 valence electrons. The molecule has 0 spiro atoms. The predicted molar refractivity (Wildman–Crippen MR) is 102 cm³/mol. The molecule has 2 aromatic rings. The summed E-state index contributed by atoms with van der Waals surface area (Å²) < 4.78 is 13.0. The Kier molecular flexibility index (Phi) is 7.41. The largest absolute Gasteiger partial charge is 0.369 e. The summed E-state index contributed by atoms with van der Waals surface area (Å²) >= 11 is 5.97. The van der Waals surface area contributed by atoms with Crippen LogP contribution in [-0.4, -0.2) is 25.5 Å². The van der Waals surface area contributed by atoms with Crippen molar-refractivity contribution in [2.24, 2.45) is 16.6 Å². The second-order valence-electron chi connectivity index (χ2n) is 5.87. The monoisotopic (exact) mass is 376 g/mol. The van der Waals surface area contributed by atoms with Gasteiger partial charge in [0.15, 0.2) is 5.96 Å². The van der Waals surface area contributed by atoms with Gasteiger partial charge in [0.25, 0.3) is 0 Å². The van der Waals surface area contributed by atoms with E-state index >= 15 is 0 Å². The van der Waals surface area contributed by atoms with Crippen molar-refractivity contribution in [1.82, 2.24) is 10.6 Å². The van der Waals surface area contributed by atoms with Crippen molar-refractivity contribution < 1.29 is 9.18 Å². The number of halogens is 2. The van der Waals surface area contributed by atoms with Crippen LogP contribution in [0.5, 0.6) is 0 Å². The first-order valence-corrected chi connectivity index (χ1v) is 8.58. The minimum Gasteiger partial charge on any atom is -0.369 e. The maximum Gasteiger partial charge on any atom is 0.222 e. The number of nitrogens with zero attached hydrogens (tertiary/aromatic N) is 1. The van der Waals surface area contributed by atoms with Crippen LogP contribution in [-0.2, 0) is 17.8 Å². The first-order chi connectivity index (χ1) is 12.5. The second kappa shape index (κ2) is 9.77. The molecule has 2 rings (SSSR count). The molecule has 0 aliphatic rings. The van der Waals surface area contributed by atoms with Gasteiger partial charge in [-0.25, -0.2) is 4.39 Å². The molecule has 0 saturated heterocycles. The average Bonchev–Trinajstić information content (AvgIpc) is 2.62. The van der Waals surface area contributed by atoms with Crippen LogP contribution in [0.15, 0.2) is 53.5 Å². The van der Waals surface area contributed by atoms with E-state index in [-0.39, 0.29) is 5.82 Å². The normalized spacial score (nSPS) is 12.5. The Morgan fingerprint density at radius 1 is 1.19 bits per heavy atom. The molecule has 1 atom stereocenters. The fourth-order valence-corrected chi connectivity index (χ4v) is 2.66. The number of aliphatic imine (C=N–C) groups is 1. The van der Waals surface area contributed by atoms with Gasteiger partial charge in [0.2, 0.25) is 5.91 Å². The molecule has 1 amide bonds. The Balaban J connectivity index is 1.89. The van der Waals surface area contributed by atoms with E-state index in [2.05, 4.69) is 15.6 Å². The van der Waals surface area contributed by atoms with E-state index in [1.165, 1.54) is 12.1 Å². The molecule has 4 N–H and O–H groups in total. The number of amides is 1. The molecule has 0 bridgehead atoms. The molecule has 0 aliphatic carbocycles. The van der Waals surface area contributed by atoms with Crippen molar-refractivity contribution in [2.45, 2.75) is 13.0 Å². The first-order valence-electron chi connectivity index (χ1n) is 8.20. The molecule has 5 nitrogen and oxygen atoms in total. The zero-order valence-corrected chi connectivity index (χ0v) is 15.3. The summed E-state index contributed by atoms with van der Waals surface area (Å²) in [5.74, 6) is -0.624. The number of guanidine groups is 1. The highest BCUT2D eigenvalue weighted by molar-refractivity contribution is 6.30. The smallest absolute Gasteiger partial charge is 0.222 e. The highest BCUT2D eigenvalue weighted by Gasteiger charge is 2.16. The van der Waals surface area contributed by atoms with Crippen LogP contribution in [0, 0.1) is 11.7 Å². The van der Waals surface area contributed by atoms with Gasteiger partial charge < -0.3 is 16.4 Å². The van der Waals surface area contributed by atoms with Crippen LogP contribution < -0.4 is 16.4 Å².